The minimum absolute atomic E-state index is 0.0881. The van der Waals surface area contributed by atoms with Gasteiger partial charge in [0, 0.05) is 16.7 Å². The fourth-order valence-corrected chi connectivity index (χ4v) is 7.50. The first-order valence-electron chi connectivity index (χ1n) is 20.7. The van der Waals surface area contributed by atoms with Crippen LogP contribution in [-0.2, 0) is 0 Å². The van der Waals surface area contributed by atoms with Gasteiger partial charge in [0.25, 0.3) is 0 Å². The molecule has 0 saturated heterocycles. The van der Waals surface area contributed by atoms with E-state index in [9.17, 15) is 0 Å². The van der Waals surface area contributed by atoms with Gasteiger partial charge in [0.15, 0.2) is 17.5 Å². The fourth-order valence-electron chi connectivity index (χ4n) is 6.98. The summed E-state index contributed by atoms with van der Waals surface area (Å²) in [5, 5.41) is 18.5. The molecule has 66 heavy (non-hydrogen) atoms. The third-order valence-corrected chi connectivity index (χ3v) is 10.7. The molecule has 0 aliphatic heterocycles. The van der Waals surface area contributed by atoms with Crippen molar-refractivity contribution in [3.05, 3.63) is 234 Å². The molecule has 10 aromatic rings. The summed E-state index contributed by atoms with van der Waals surface area (Å²) in [6.45, 7) is 0. The quantitative estimate of drug-likeness (QED) is 0.145. The predicted molar refractivity (Wildman–Crippen MR) is 269 cm³/mol. The van der Waals surface area contributed by atoms with Crippen LogP contribution in [0.2, 0.25) is 15.9 Å². The topological polar surface area (TPSA) is 118 Å². The average Bonchev–Trinajstić information content (AvgIpc) is 3.37. The van der Waals surface area contributed by atoms with Crippen LogP contribution >= 0.6 is 34.8 Å². The Morgan fingerprint density at radius 2 is 0.515 bits per heavy atom. The Bertz CT molecular complexity index is 3050. The van der Waals surface area contributed by atoms with Crippen molar-refractivity contribution in [3.8, 4) is 78.7 Å². The second-order valence-corrected chi connectivity index (χ2v) is 15.7. The van der Waals surface area contributed by atoms with Crippen molar-refractivity contribution in [1.29, 1.82) is 0 Å². The molecule has 2 aromatic heterocycles. The first kappa shape index (κ1) is 45.2. The molecule has 0 saturated carbocycles. The molecular weight excluding hydrogens is 882 g/mol. The van der Waals surface area contributed by atoms with Crippen molar-refractivity contribution >= 4 is 47.4 Å². The van der Waals surface area contributed by atoms with Crippen LogP contribution in [0.15, 0.2) is 218 Å². The molecule has 0 spiro atoms. The summed E-state index contributed by atoms with van der Waals surface area (Å²) in [7, 11) is -1.41. The zero-order valence-electron chi connectivity index (χ0n) is 35.1. The lowest BCUT2D eigenvalue weighted by Crippen LogP contribution is -2.29. The van der Waals surface area contributed by atoms with Crippen LogP contribution in [0.4, 0.5) is 0 Å². The molecule has 10 rings (SSSR count). The van der Waals surface area contributed by atoms with Gasteiger partial charge in [0.05, 0.1) is 0 Å². The molecule has 0 amide bonds. The van der Waals surface area contributed by atoms with Gasteiger partial charge in [0.2, 0.25) is 15.9 Å². The molecule has 2 N–H and O–H groups in total. The van der Waals surface area contributed by atoms with E-state index in [1.807, 2.05) is 158 Å². The van der Waals surface area contributed by atoms with Crippen LogP contribution in [-0.4, -0.2) is 47.1 Å². The molecule has 0 bridgehead atoms. The molecule has 12 heteroatoms. The maximum Gasteiger partial charge on any atom is 0.488 e. The van der Waals surface area contributed by atoms with Crippen LogP contribution in [0.5, 0.6) is 0 Å². The molecule has 8 aromatic carbocycles. The first-order valence-corrected chi connectivity index (χ1v) is 21.9. The minimum Gasteiger partial charge on any atom is -0.423 e. The Hall–Kier alpha value is -7.37. The number of nitrogens with zero attached hydrogens (tertiary/aromatic N) is 6. The summed E-state index contributed by atoms with van der Waals surface area (Å²) in [6, 6.07) is 71.8. The third kappa shape index (κ3) is 12.0. The molecule has 0 radical (unpaired) electrons. The van der Waals surface area contributed by atoms with Gasteiger partial charge in [-0.3, -0.25) is 0 Å². The van der Waals surface area contributed by atoms with Crippen molar-refractivity contribution in [3.63, 3.8) is 0 Å². The minimum atomic E-state index is -1.41. The van der Waals surface area contributed by atoms with Crippen molar-refractivity contribution in [2.75, 3.05) is 0 Å². The maximum atomic E-state index is 9.05. The Morgan fingerprint density at radius 1 is 0.258 bits per heavy atom. The van der Waals surface area contributed by atoms with E-state index in [0.29, 0.717) is 22.9 Å². The second kappa shape index (κ2) is 22.0. The van der Waals surface area contributed by atoms with Crippen molar-refractivity contribution < 1.29 is 10.0 Å². The summed E-state index contributed by atoms with van der Waals surface area (Å²) in [6.07, 6.45) is 0. The Kier molecular flexibility index (Phi) is 15.1. The van der Waals surface area contributed by atoms with Gasteiger partial charge in [-0.1, -0.05) is 200 Å². The number of rotatable bonds is 8. The standard InChI is InChI=1S/C27H18ClN3.C15H9Cl2N3.C12H11BO2/c28-27-30-25(23-15-7-13-21(17-23)19-9-3-1-4-10-19)29-26(31-27)24-16-8-14-22(18-24)20-11-5-2-6-12-20;16-14-18-13(19-15(17)20-14)12-8-4-7-11(9-12)10-5-2-1-3-6-10;14-13(15)12-8-4-7-11(9-12)10-5-2-1-3-6-10/h1-18H;1-9H;1-9,14-15H. The van der Waals surface area contributed by atoms with E-state index in [1.165, 1.54) is 0 Å². The number of hydrogen-bond acceptors (Lipinski definition) is 8. The van der Waals surface area contributed by atoms with Crippen LogP contribution in [0.1, 0.15) is 0 Å². The third-order valence-electron chi connectivity index (χ3n) is 10.2. The van der Waals surface area contributed by atoms with Gasteiger partial charge >= 0.3 is 7.12 Å². The molecule has 8 nitrogen and oxygen atoms in total. The highest BCUT2D eigenvalue weighted by Crippen LogP contribution is 2.29. The molecule has 0 atom stereocenters. The predicted octanol–water partition coefficient (Wildman–Crippen LogP) is 12.7. The highest BCUT2D eigenvalue weighted by molar-refractivity contribution is 6.58. The smallest absolute Gasteiger partial charge is 0.423 e. The van der Waals surface area contributed by atoms with E-state index in [-0.39, 0.29) is 15.9 Å². The van der Waals surface area contributed by atoms with Gasteiger partial charge in [-0.05, 0) is 103 Å². The van der Waals surface area contributed by atoms with Gasteiger partial charge in [-0.25, -0.2) is 4.98 Å². The highest BCUT2D eigenvalue weighted by atomic mass is 35.5. The van der Waals surface area contributed by atoms with Crippen LogP contribution < -0.4 is 5.46 Å². The van der Waals surface area contributed by atoms with Gasteiger partial charge < -0.3 is 10.0 Å². The molecule has 320 valence electrons. The van der Waals surface area contributed by atoms with E-state index in [2.05, 4.69) is 73.5 Å². The summed E-state index contributed by atoms with van der Waals surface area (Å²) in [5.74, 6) is 1.57. The monoisotopic (exact) mass is 918 g/mol. The molecule has 0 fully saturated rings. The molecule has 0 aliphatic carbocycles. The largest absolute Gasteiger partial charge is 0.488 e. The number of benzene rings is 8. The highest BCUT2D eigenvalue weighted by Gasteiger charge is 2.13. The number of halogens is 3. The lowest BCUT2D eigenvalue weighted by atomic mass is 9.79. The first-order chi connectivity index (χ1) is 32.3. The Balaban J connectivity index is 0.000000145. The lowest BCUT2D eigenvalue weighted by molar-refractivity contribution is 0.426. The SMILES string of the molecule is Clc1nc(-c2cccc(-c3ccccc3)c2)nc(-c2cccc(-c3ccccc3)c2)n1.Clc1nc(Cl)nc(-c2cccc(-c3ccccc3)c2)n1.OB(O)c1cccc(-c2ccccc2)c1. The summed E-state index contributed by atoms with van der Waals surface area (Å²) in [4.78, 5) is 25.5. The summed E-state index contributed by atoms with van der Waals surface area (Å²) in [5.41, 5.74) is 11.9. The Labute approximate surface area is 398 Å². The Morgan fingerprint density at radius 3 is 0.848 bits per heavy atom. The molecular formula is C54H38BCl3N6O2. The van der Waals surface area contributed by atoms with Gasteiger partial charge in [0.1, 0.15) is 0 Å². The maximum absolute atomic E-state index is 9.05. The van der Waals surface area contributed by atoms with E-state index < -0.39 is 7.12 Å². The van der Waals surface area contributed by atoms with Crippen molar-refractivity contribution in [1.82, 2.24) is 29.9 Å². The molecule has 0 unspecified atom stereocenters. The summed E-state index contributed by atoms with van der Waals surface area (Å²) >= 11 is 17.9. The van der Waals surface area contributed by atoms with Crippen LogP contribution in [0.3, 0.4) is 0 Å². The van der Waals surface area contributed by atoms with Crippen LogP contribution in [0, 0.1) is 0 Å². The summed E-state index contributed by atoms with van der Waals surface area (Å²) < 4.78 is 0. The van der Waals surface area contributed by atoms with Gasteiger partial charge in [-0.2, -0.15) is 24.9 Å². The van der Waals surface area contributed by atoms with Crippen LogP contribution in [0.25, 0.3) is 78.7 Å². The zero-order chi connectivity index (χ0) is 45.7. The van der Waals surface area contributed by atoms with E-state index >= 15 is 0 Å². The van der Waals surface area contributed by atoms with Crippen molar-refractivity contribution in [2.45, 2.75) is 0 Å². The number of aromatic nitrogens is 6. The van der Waals surface area contributed by atoms with E-state index in [4.69, 9.17) is 49.8 Å². The average molecular weight is 920 g/mol. The van der Waals surface area contributed by atoms with Gasteiger partial charge in [-0.15, -0.1) is 0 Å². The zero-order valence-corrected chi connectivity index (χ0v) is 37.3. The molecule has 2 heterocycles. The fraction of sp³-hybridized carbons (Fsp3) is 0. The van der Waals surface area contributed by atoms with E-state index in [0.717, 1.165) is 61.2 Å². The van der Waals surface area contributed by atoms with E-state index in [1.54, 1.807) is 12.1 Å². The molecule has 0 aliphatic rings. The normalized spacial score (nSPS) is 10.5. The number of hydrogen-bond donors (Lipinski definition) is 2. The van der Waals surface area contributed by atoms with Crippen molar-refractivity contribution in [2.24, 2.45) is 0 Å². The second-order valence-electron chi connectivity index (χ2n) is 14.7. The lowest BCUT2D eigenvalue weighted by Gasteiger charge is -2.08.